The number of para-hydroxylation sites is 1. The Morgan fingerprint density at radius 1 is 0.810 bits per heavy atom. The Morgan fingerprint density at radius 3 is 2.29 bits per heavy atom. The molecule has 0 amide bonds. The van der Waals surface area contributed by atoms with Gasteiger partial charge in [-0.25, -0.2) is 0 Å². The van der Waals surface area contributed by atoms with Gasteiger partial charge in [0.05, 0.1) is 19.3 Å². The fraction of sp³-hybridized carbons (Fsp3) is 0.158. The standard InChI is InChI=1S/C19H17NO/c1-2-8-17(9-3-1)20(13-19-14-21-19)18-11-10-15-6-4-5-7-16(15)12-18/h1-12,19H,13-14H2. The summed E-state index contributed by atoms with van der Waals surface area (Å²) in [5, 5.41) is 2.55. The average molecular weight is 275 g/mol. The van der Waals surface area contributed by atoms with E-state index in [9.17, 15) is 0 Å². The minimum Gasteiger partial charge on any atom is -0.371 e. The third kappa shape index (κ3) is 2.63. The lowest BCUT2D eigenvalue weighted by Crippen LogP contribution is -2.22. The largest absolute Gasteiger partial charge is 0.371 e. The molecule has 1 atom stereocenters. The van der Waals surface area contributed by atoms with Gasteiger partial charge in [-0.2, -0.15) is 0 Å². The Balaban J connectivity index is 1.76. The molecule has 104 valence electrons. The van der Waals surface area contributed by atoms with Gasteiger partial charge < -0.3 is 9.64 Å². The molecule has 4 rings (SSSR count). The van der Waals surface area contributed by atoms with Crippen molar-refractivity contribution in [2.75, 3.05) is 18.1 Å². The zero-order chi connectivity index (χ0) is 14.1. The fourth-order valence-electron chi connectivity index (χ4n) is 2.69. The Kier molecular flexibility index (Phi) is 3.09. The highest BCUT2D eigenvalue weighted by atomic mass is 16.6. The zero-order valence-corrected chi connectivity index (χ0v) is 11.8. The first-order valence-corrected chi connectivity index (χ1v) is 7.33. The summed E-state index contributed by atoms with van der Waals surface area (Å²) in [5.41, 5.74) is 2.43. The number of anilines is 2. The first kappa shape index (κ1) is 12.4. The molecule has 2 heteroatoms. The van der Waals surface area contributed by atoms with Crippen LogP contribution in [0.3, 0.4) is 0 Å². The van der Waals surface area contributed by atoms with Crippen LogP contribution in [-0.4, -0.2) is 19.3 Å². The molecule has 21 heavy (non-hydrogen) atoms. The van der Waals surface area contributed by atoms with Gasteiger partial charge in [-0.15, -0.1) is 0 Å². The molecule has 0 spiro atoms. The van der Waals surface area contributed by atoms with Gasteiger partial charge in [0, 0.05) is 11.4 Å². The van der Waals surface area contributed by atoms with Crippen LogP contribution in [0.4, 0.5) is 11.4 Å². The van der Waals surface area contributed by atoms with Crippen LogP contribution in [0.25, 0.3) is 10.8 Å². The van der Waals surface area contributed by atoms with E-state index in [0.717, 1.165) is 13.2 Å². The van der Waals surface area contributed by atoms with Crippen LogP contribution >= 0.6 is 0 Å². The minimum atomic E-state index is 0.358. The first-order valence-electron chi connectivity index (χ1n) is 7.33. The fourth-order valence-corrected chi connectivity index (χ4v) is 2.69. The quantitative estimate of drug-likeness (QED) is 0.657. The predicted molar refractivity (Wildman–Crippen MR) is 87.1 cm³/mol. The van der Waals surface area contributed by atoms with E-state index >= 15 is 0 Å². The summed E-state index contributed by atoms with van der Waals surface area (Å²) in [6, 6.07) is 25.6. The van der Waals surface area contributed by atoms with E-state index in [0.29, 0.717) is 6.10 Å². The maximum atomic E-state index is 5.43. The summed E-state index contributed by atoms with van der Waals surface area (Å²) in [6.45, 7) is 1.78. The van der Waals surface area contributed by atoms with E-state index in [1.807, 2.05) is 0 Å². The van der Waals surface area contributed by atoms with Crippen molar-refractivity contribution in [3.05, 3.63) is 72.8 Å². The molecule has 3 aromatic carbocycles. The molecule has 3 aromatic rings. The number of rotatable bonds is 4. The second-order valence-electron chi connectivity index (χ2n) is 5.43. The lowest BCUT2D eigenvalue weighted by atomic mass is 10.1. The molecule has 0 bridgehead atoms. The second-order valence-corrected chi connectivity index (χ2v) is 5.43. The van der Waals surface area contributed by atoms with Crippen molar-refractivity contribution >= 4 is 22.1 Å². The molecule has 1 heterocycles. The van der Waals surface area contributed by atoms with Gasteiger partial charge in [-0.1, -0.05) is 48.5 Å². The minimum absolute atomic E-state index is 0.358. The predicted octanol–water partition coefficient (Wildman–Crippen LogP) is 4.38. The van der Waals surface area contributed by atoms with E-state index in [2.05, 4.69) is 77.7 Å². The average Bonchev–Trinajstić information content (AvgIpc) is 3.37. The van der Waals surface area contributed by atoms with Crippen LogP contribution in [0.15, 0.2) is 72.8 Å². The molecule has 2 nitrogen and oxygen atoms in total. The molecule has 0 radical (unpaired) electrons. The van der Waals surface area contributed by atoms with Gasteiger partial charge >= 0.3 is 0 Å². The highest BCUT2D eigenvalue weighted by Crippen LogP contribution is 2.30. The van der Waals surface area contributed by atoms with E-state index in [1.165, 1.54) is 22.1 Å². The molecule has 1 aliphatic heterocycles. The SMILES string of the molecule is c1ccc(N(CC2CO2)c2ccc3ccccc3c2)cc1. The van der Waals surface area contributed by atoms with E-state index in [4.69, 9.17) is 4.74 Å². The van der Waals surface area contributed by atoms with Gasteiger partial charge in [0.2, 0.25) is 0 Å². The third-order valence-corrected chi connectivity index (χ3v) is 3.90. The van der Waals surface area contributed by atoms with Crippen LogP contribution in [0.5, 0.6) is 0 Å². The number of fused-ring (bicyclic) bond motifs is 1. The molecule has 0 saturated carbocycles. The molecule has 0 N–H and O–H groups in total. The number of hydrogen-bond acceptors (Lipinski definition) is 2. The maximum absolute atomic E-state index is 5.43. The van der Waals surface area contributed by atoms with Crippen molar-refractivity contribution in [2.24, 2.45) is 0 Å². The maximum Gasteiger partial charge on any atom is 0.0988 e. The number of benzene rings is 3. The zero-order valence-electron chi connectivity index (χ0n) is 11.8. The molecule has 1 aliphatic rings. The van der Waals surface area contributed by atoms with Crippen LogP contribution < -0.4 is 4.90 Å². The lowest BCUT2D eigenvalue weighted by molar-refractivity contribution is 0.411. The van der Waals surface area contributed by atoms with Crippen molar-refractivity contribution in [1.29, 1.82) is 0 Å². The van der Waals surface area contributed by atoms with Crippen molar-refractivity contribution in [3.8, 4) is 0 Å². The monoisotopic (exact) mass is 275 g/mol. The summed E-state index contributed by atoms with van der Waals surface area (Å²) in [5.74, 6) is 0. The number of hydrogen-bond donors (Lipinski definition) is 0. The van der Waals surface area contributed by atoms with Crippen molar-refractivity contribution in [2.45, 2.75) is 6.10 Å². The van der Waals surface area contributed by atoms with Gasteiger partial charge in [0.15, 0.2) is 0 Å². The third-order valence-electron chi connectivity index (χ3n) is 3.90. The summed E-state index contributed by atoms with van der Waals surface area (Å²) < 4.78 is 5.43. The highest BCUT2D eigenvalue weighted by molar-refractivity contribution is 5.86. The Bertz CT molecular complexity index is 750. The molecular formula is C19H17NO. The van der Waals surface area contributed by atoms with Gasteiger partial charge in [-0.05, 0) is 35.0 Å². The van der Waals surface area contributed by atoms with Gasteiger partial charge in [0.25, 0.3) is 0 Å². The van der Waals surface area contributed by atoms with E-state index in [-0.39, 0.29) is 0 Å². The Morgan fingerprint density at radius 2 is 1.52 bits per heavy atom. The smallest absolute Gasteiger partial charge is 0.0988 e. The second kappa shape index (κ2) is 5.23. The molecule has 1 unspecified atom stereocenters. The van der Waals surface area contributed by atoms with Gasteiger partial charge in [0.1, 0.15) is 0 Å². The van der Waals surface area contributed by atoms with Crippen LogP contribution in [0.1, 0.15) is 0 Å². The van der Waals surface area contributed by atoms with E-state index in [1.54, 1.807) is 0 Å². The topological polar surface area (TPSA) is 15.8 Å². The number of epoxide rings is 1. The summed E-state index contributed by atoms with van der Waals surface area (Å²) in [6.07, 6.45) is 0.358. The van der Waals surface area contributed by atoms with Crippen molar-refractivity contribution < 1.29 is 4.74 Å². The van der Waals surface area contributed by atoms with E-state index < -0.39 is 0 Å². The summed E-state index contributed by atoms with van der Waals surface area (Å²) >= 11 is 0. The number of ether oxygens (including phenoxy) is 1. The van der Waals surface area contributed by atoms with Crippen LogP contribution in [-0.2, 0) is 4.74 Å². The van der Waals surface area contributed by atoms with Gasteiger partial charge in [-0.3, -0.25) is 0 Å². The Labute approximate surface area is 124 Å². The van der Waals surface area contributed by atoms with Crippen LogP contribution in [0, 0.1) is 0 Å². The molecular weight excluding hydrogens is 258 g/mol. The Hall–Kier alpha value is -2.32. The molecule has 1 fully saturated rings. The van der Waals surface area contributed by atoms with Crippen LogP contribution in [0.2, 0.25) is 0 Å². The molecule has 0 aromatic heterocycles. The highest BCUT2D eigenvalue weighted by Gasteiger charge is 2.26. The number of nitrogens with zero attached hydrogens (tertiary/aromatic N) is 1. The lowest BCUT2D eigenvalue weighted by Gasteiger charge is -2.24. The molecule has 0 aliphatic carbocycles. The van der Waals surface area contributed by atoms with Crippen molar-refractivity contribution in [1.82, 2.24) is 0 Å². The molecule has 1 saturated heterocycles. The first-order chi connectivity index (χ1) is 10.4. The summed E-state index contributed by atoms with van der Waals surface area (Å²) in [4.78, 5) is 2.34. The normalized spacial score (nSPS) is 16.9. The van der Waals surface area contributed by atoms with Crippen molar-refractivity contribution in [3.63, 3.8) is 0 Å². The summed E-state index contributed by atoms with van der Waals surface area (Å²) in [7, 11) is 0.